The Morgan fingerprint density at radius 2 is 1.89 bits per heavy atom. The van der Waals surface area contributed by atoms with Gasteiger partial charge in [0, 0.05) is 12.1 Å². The Morgan fingerprint density at radius 3 is 2.44 bits per heavy atom. The van der Waals surface area contributed by atoms with Gasteiger partial charge in [0.1, 0.15) is 0 Å². The number of carbonyl (C=O) groups excluding carboxylic acids is 1. The fourth-order valence-corrected chi connectivity index (χ4v) is 0.642. The quantitative estimate of drug-likeness (QED) is 0.404. The molecule has 0 fully saturated rings. The lowest BCUT2D eigenvalue weighted by atomic mass is 10.5. The summed E-state index contributed by atoms with van der Waals surface area (Å²) in [4.78, 5) is 9.95. The average molecular weight is 122 g/mol. The Kier molecular flexibility index (Phi) is 1.96. The van der Waals surface area contributed by atoms with Gasteiger partial charge in [0.2, 0.25) is 6.54 Å². The molecule has 46 valence electrons. The lowest BCUT2D eigenvalue weighted by Crippen LogP contribution is -2.32. The van der Waals surface area contributed by atoms with Crippen molar-refractivity contribution in [2.24, 2.45) is 0 Å². The van der Waals surface area contributed by atoms with Gasteiger partial charge in [0.05, 0.1) is 0 Å². The SMILES string of the molecule is O=CC[n+]1ccccc1. The van der Waals surface area contributed by atoms with Gasteiger partial charge in [0.15, 0.2) is 18.7 Å². The summed E-state index contributed by atoms with van der Waals surface area (Å²) in [5, 5.41) is 0. The van der Waals surface area contributed by atoms with Crippen molar-refractivity contribution in [2.45, 2.75) is 6.54 Å². The molecule has 0 unspecified atom stereocenters. The molecule has 0 amide bonds. The van der Waals surface area contributed by atoms with Crippen molar-refractivity contribution in [3.8, 4) is 0 Å². The zero-order valence-corrected chi connectivity index (χ0v) is 5.03. The summed E-state index contributed by atoms with van der Waals surface area (Å²) in [7, 11) is 0. The Bertz CT molecular complexity index is 183. The molecule has 0 saturated heterocycles. The fourth-order valence-electron chi connectivity index (χ4n) is 0.642. The molecule has 0 aliphatic carbocycles. The highest BCUT2D eigenvalue weighted by atomic mass is 16.1. The molecule has 1 aromatic heterocycles. The first-order valence-electron chi connectivity index (χ1n) is 2.81. The highest BCUT2D eigenvalue weighted by Gasteiger charge is 1.91. The third kappa shape index (κ3) is 1.64. The normalized spacial score (nSPS) is 8.89. The summed E-state index contributed by atoms with van der Waals surface area (Å²) >= 11 is 0. The van der Waals surface area contributed by atoms with Crippen molar-refractivity contribution in [1.82, 2.24) is 0 Å². The molecule has 0 saturated carbocycles. The highest BCUT2D eigenvalue weighted by Crippen LogP contribution is 1.74. The summed E-state index contributed by atoms with van der Waals surface area (Å²) in [6, 6.07) is 5.70. The fraction of sp³-hybridized carbons (Fsp3) is 0.143. The van der Waals surface area contributed by atoms with Crippen molar-refractivity contribution in [3.63, 3.8) is 0 Å². The van der Waals surface area contributed by atoms with Crippen LogP contribution >= 0.6 is 0 Å². The van der Waals surface area contributed by atoms with E-state index in [9.17, 15) is 4.79 Å². The first kappa shape index (κ1) is 5.95. The zero-order valence-electron chi connectivity index (χ0n) is 5.03. The topological polar surface area (TPSA) is 20.9 Å². The first-order valence-corrected chi connectivity index (χ1v) is 2.81. The van der Waals surface area contributed by atoms with Crippen LogP contribution in [-0.4, -0.2) is 6.29 Å². The van der Waals surface area contributed by atoms with Crippen LogP contribution in [0.3, 0.4) is 0 Å². The van der Waals surface area contributed by atoms with E-state index in [1.165, 1.54) is 0 Å². The van der Waals surface area contributed by atoms with Crippen molar-refractivity contribution >= 4 is 6.29 Å². The molecule has 0 spiro atoms. The van der Waals surface area contributed by atoms with Gasteiger partial charge in [-0.3, -0.25) is 4.79 Å². The summed E-state index contributed by atoms with van der Waals surface area (Å²) in [6.45, 7) is 0.445. The Hall–Kier alpha value is -1.18. The van der Waals surface area contributed by atoms with Crippen LogP contribution in [0.25, 0.3) is 0 Å². The predicted molar refractivity (Wildman–Crippen MR) is 32.7 cm³/mol. The second-order valence-electron chi connectivity index (χ2n) is 1.74. The van der Waals surface area contributed by atoms with Crippen LogP contribution in [0.4, 0.5) is 0 Å². The van der Waals surface area contributed by atoms with Crippen LogP contribution in [0.15, 0.2) is 30.6 Å². The molecule has 0 aliphatic rings. The molecule has 2 heteroatoms. The Labute approximate surface area is 53.8 Å². The van der Waals surface area contributed by atoms with E-state index < -0.39 is 0 Å². The molecule has 1 heterocycles. The van der Waals surface area contributed by atoms with Crippen LogP contribution in [0, 0.1) is 0 Å². The van der Waals surface area contributed by atoms with E-state index in [1.54, 1.807) is 0 Å². The second-order valence-corrected chi connectivity index (χ2v) is 1.74. The number of nitrogens with zero attached hydrogens (tertiary/aromatic N) is 1. The van der Waals surface area contributed by atoms with E-state index in [2.05, 4.69) is 0 Å². The zero-order chi connectivity index (χ0) is 6.53. The smallest absolute Gasteiger partial charge is 0.203 e. The molecule has 1 rings (SSSR count). The minimum atomic E-state index is 0.445. The van der Waals surface area contributed by atoms with E-state index in [-0.39, 0.29) is 0 Å². The van der Waals surface area contributed by atoms with Crippen molar-refractivity contribution < 1.29 is 9.36 Å². The summed E-state index contributed by atoms with van der Waals surface area (Å²) < 4.78 is 1.81. The van der Waals surface area contributed by atoms with Gasteiger partial charge in [-0.15, -0.1) is 0 Å². The third-order valence-corrected chi connectivity index (χ3v) is 1.06. The largest absolute Gasteiger partial charge is 0.296 e. The highest BCUT2D eigenvalue weighted by molar-refractivity contribution is 5.46. The van der Waals surface area contributed by atoms with Crippen LogP contribution in [0.1, 0.15) is 0 Å². The average Bonchev–Trinajstić information content (AvgIpc) is 1.91. The minimum absolute atomic E-state index is 0.445. The maximum Gasteiger partial charge on any atom is 0.203 e. The van der Waals surface area contributed by atoms with Crippen molar-refractivity contribution in [2.75, 3.05) is 0 Å². The molecule has 0 atom stereocenters. The van der Waals surface area contributed by atoms with E-state index in [0.717, 1.165) is 6.29 Å². The molecular formula is C7H8NO+. The second kappa shape index (κ2) is 2.97. The van der Waals surface area contributed by atoms with Gasteiger partial charge < -0.3 is 0 Å². The standard InChI is InChI=1S/C7H8NO/c9-7-6-8-4-2-1-3-5-8/h1-5,7H,6H2/q+1. The van der Waals surface area contributed by atoms with E-state index in [0.29, 0.717) is 6.54 Å². The number of carbonyl (C=O) groups is 1. The third-order valence-electron chi connectivity index (χ3n) is 1.06. The monoisotopic (exact) mass is 122 g/mol. The van der Waals surface area contributed by atoms with Gasteiger partial charge >= 0.3 is 0 Å². The molecule has 0 N–H and O–H groups in total. The number of aromatic nitrogens is 1. The lowest BCUT2D eigenvalue weighted by Gasteiger charge is -1.84. The van der Waals surface area contributed by atoms with Crippen LogP contribution in [-0.2, 0) is 11.3 Å². The van der Waals surface area contributed by atoms with Crippen LogP contribution in [0.2, 0.25) is 0 Å². The van der Waals surface area contributed by atoms with Gasteiger partial charge in [-0.1, -0.05) is 6.07 Å². The lowest BCUT2D eigenvalue weighted by molar-refractivity contribution is -0.682. The van der Waals surface area contributed by atoms with Crippen molar-refractivity contribution in [3.05, 3.63) is 30.6 Å². The number of aldehydes is 1. The van der Waals surface area contributed by atoms with Crippen LogP contribution < -0.4 is 4.57 Å². The van der Waals surface area contributed by atoms with Gasteiger partial charge in [-0.2, -0.15) is 4.57 Å². The van der Waals surface area contributed by atoms with Crippen LogP contribution in [0.5, 0.6) is 0 Å². The first-order chi connectivity index (χ1) is 4.43. The summed E-state index contributed by atoms with van der Waals surface area (Å²) in [5.41, 5.74) is 0. The molecular weight excluding hydrogens is 114 g/mol. The molecule has 0 aliphatic heterocycles. The minimum Gasteiger partial charge on any atom is -0.296 e. The van der Waals surface area contributed by atoms with E-state index >= 15 is 0 Å². The number of pyridine rings is 1. The maximum atomic E-state index is 9.95. The van der Waals surface area contributed by atoms with E-state index in [4.69, 9.17) is 0 Å². The van der Waals surface area contributed by atoms with Crippen molar-refractivity contribution in [1.29, 1.82) is 0 Å². The number of rotatable bonds is 2. The summed E-state index contributed by atoms with van der Waals surface area (Å²) in [5.74, 6) is 0. The van der Waals surface area contributed by atoms with Gasteiger partial charge in [-0.25, -0.2) is 0 Å². The summed E-state index contributed by atoms with van der Waals surface area (Å²) in [6.07, 6.45) is 4.59. The molecule has 9 heavy (non-hydrogen) atoms. The molecule has 0 bridgehead atoms. The van der Waals surface area contributed by atoms with Gasteiger partial charge in [-0.05, 0) is 0 Å². The molecule has 1 aromatic rings. The molecule has 0 radical (unpaired) electrons. The molecule has 2 nitrogen and oxygen atoms in total. The number of hydrogen-bond donors (Lipinski definition) is 0. The Balaban J connectivity index is 2.72. The molecule has 0 aromatic carbocycles. The maximum absolute atomic E-state index is 9.95. The number of hydrogen-bond acceptors (Lipinski definition) is 1. The predicted octanol–water partition coefficient (Wildman–Crippen LogP) is 0.173. The Morgan fingerprint density at radius 1 is 1.22 bits per heavy atom. The van der Waals surface area contributed by atoms with Gasteiger partial charge in [0.25, 0.3) is 0 Å². The van der Waals surface area contributed by atoms with E-state index in [1.807, 2.05) is 35.2 Å².